The van der Waals surface area contributed by atoms with Crippen molar-refractivity contribution < 1.29 is 13.5 Å². The second-order valence-corrected chi connectivity index (χ2v) is 6.24. The largest absolute Gasteiger partial charge is 0.381 e. The van der Waals surface area contributed by atoms with Crippen molar-refractivity contribution in [3.63, 3.8) is 0 Å². The zero-order chi connectivity index (χ0) is 16.3. The summed E-state index contributed by atoms with van der Waals surface area (Å²) in [7, 11) is 0. The van der Waals surface area contributed by atoms with E-state index < -0.39 is 5.92 Å². The van der Waals surface area contributed by atoms with Crippen molar-refractivity contribution in [3.8, 4) is 0 Å². The number of imidazole rings is 1. The van der Waals surface area contributed by atoms with Crippen molar-refractivity contribution in [1.29, 1.82) is 0 Å². The lowest BCUT2D eigenvalue weighted by molar-refractivity contribution is -0.0485. The number of rotatable bonds is 6. The van der Waals surface area contributed by atoms with E-state index in [9.17, 15) is 8.78 Å². The SMILES string of the molecule is CCOCCC(F)(F)c1nc2ccccc2n1C1CCCCC1. The lowest BCUT2D eigenvalue weighted by Gasteiger charge is -2.27. The highest BCUT2D eigenvalue weighted by atomic mass is 19.3. The molecule has 0 saturated heterocycles. The standard InChI is InChI=1S/C18H24F2N2O/c1-2-23-13-12-18(19,20)17-21-15-10-6-7-11-16(15)22(17)14-8-4-3-5-9-14/h6-7,10-11,14H,2-5,8-9,12-13H2,1H3. The second kappa shape index (κ2) is 6.95. The number of aromatic nitrogens is 2. The van der Waals surface area contributed by atoms with Crippen LogP contribution in [0, 0.1) is 0 Å². The Labute approximate surface area is 135 Å². The minimum atomic E-state index is -2.97. The van der Waals surface area contributed by atoms with Gasteiger partial charge in [-0.25, -0.2) is 4.98 Å². The van der Waals surface area contributed by atoms with Gasteiger partial charge in [0.05, 0.1) is 17.6 Å². The van der Waals surface area contributed by atoms with E-state index in [0.29, 0.717) is 12.1 Å². The normalized spacial score (nSPS) is 17.0. The molecule has 0 N–H and O–H groups in total. The number of hydrogen-bond donors (Lipinski definition) is 0. The van der Waals surface area contributed by atoms with Crippen LogP contribution in [0.2, 0.25) is 0 Å². The van der Waals surface area contributed by atoms with Gasteiger partial charge in [0.2, 0.25) is 0 Å². The van der Waals surface area contributed by atoms with Gasteiger partial charge in [0.15, 0.2) is 5.82 Å². The number of hydrogen-bond acceptors (Lipinski definition) is 2. The first-order valence-electron chi connectivity index (χ1n) is 8.56. The van der Waals surface area contributed by atoms with Crippen molar-refractivity contribution in [1.82, 2.24) is 9.55 Å². The first-order chi connectivity index (χ1) is 11.1. The van der Waals surface area contributed by atoms with Crippen LogP contribution < -0.4 is 0 Å². The van der Waals surface area contributed by atoms with Crippen molar-refractivity contribution in [3.05, 3.63) is 30.1 Å². The Kier molecular flexibility index (Phi) is 4.95. The first kappa shape index (κ1) is 16.4. The van der Waals surface area contributed by atoms with Crippen molar-refractivity contribution in [2.75, 3.05) is 13.2 Å². The van der Waals surface area contributed by atoms with Crippen LogP contribution in [-0.2, 0) is 10.7 Å². The lowest BCUT2D eigenvalue weighted by Crippen LogP contribution is -2.25. The van der Waals surface area contributed by atoms with Crippen LogP contribution in [0.1, 0.15) is 57.3 Å². The maximum absolute atomic E-state index is 14.8. The highest BCUT2D eigenvalue weighted by Crippen LogP contribution is 2.39. The third kappa shape index (κ3) is 3.39. The molecule has 0 aliphatic heterocycles. The number of alkyl halides is 2. The summed E-state index contributed by atoms with van der Waals surface area (Å²) in [5, 5.41) is 0. The number of halogens is 2. The Morgan fingerprint density at radius 1 is 1.22 bits per heavy atom. The maximum Gasteiger partial charge on any atom is 0.307 e. The Bertz CT molecular complexity index is 648. The molecule has 2 aromatic rings. The van der Waals surface area contributed by atoms with E-state index in [1.54, 1.807) is 4.57 Å². The number of fused-ring (bicyclic) bond motifs is 1. The molecule has 23 heavy (non-hydrogen) atoms. The molecule has 0 unspecified atom stereocenters. The summed E-state index contributed by atoms with van der Waals surface area (Å²) in [5.41, 5.74) is 1.48. The van der Waals surface area contributed by atoms with Gasteiger partial charge in [-0.2, -0.15) is 8.78 Å². The molecule has 0 spiro atoms. The van der Waals surface area contributed by atoms with Crippen LogP contribution in [0.5, 0.6) is 0 Å². The van der Waals surface area contributed by atoms with Gasteiger partial charge in [-0.15, -0.1) is 0 Å². The molecule has 1 aliphatic carbocycles. The summed E-state index contributed by atoms with van der Waals surface area (Å²) in [4.78, 5) is 4.30. The highest BCUT2D eigenvalue weighted by molar-refractivity contribution is 5.76. The topological polar surface area (TPSA) is 27.1 Å². The van der Waals surface area contributed by atoms with Gasteiger partial charge >= 0.3 is 5.92 Å². The summed E-state index contributed by atoms with van der Waals surface area (Å²) in [5.74, 6) is -3.06. The van der Waals surface area contributed by atoms with Crippen molar-refractivity contribution in [2.45, 2.75) is 57.4 Å². The molecule has 0 amide bonds. The van der Waals surface area contributed by atoms with Crippen LogP contribution in [0.3, 0.4) is 0 Å². The molecule has 1 heterocycles. The van der Waals surface area contributed by atoms with Gasteiger partial charge in [0.25, 0.3) is 0 Å². The third-order valence-corrected chi connectivity index (χ3v) is 4.63. The van der Waals surface area contributed by atoms with Gasteiger partial charge < -0.3 is 9.30 Å². The summed E-state index contributed by atoms with van der Waals surface area (Å²) in [6, 6.07) is 7.59. The van der Waals surface area contributed by atoms with E-state index in [0.717, 1.165) is 31.2 Å². The molecule has 5 heteroatoms. The zero-order valence-corrected chi connectivity index (χ0v) is 13.6. The fraction of sp³-hybridized carbons (Fsp3) is 0.611. The van der Waals surface area contributed by atoms with Crippen LogP contribution in [-0.4, -0.2) is 22.8 Å². The zero-order valence-electron chi connectivity index (χ0n) is 13.6. The molecule has 1 fully saturated rings. The van der Waals surface area contributed by atoms with E-state index in [2.05, 4.69) is 4.98 Å². The van der Waals surface area contributed by atoms with Gasteiger partial charge in [0, 0.05) is 19.1 Å². The van der Waals surface area contributed by atoms with Crippen LogP contribution in [0.25, 0.3) is 11.0 Å². The van der Waals surface area contributed by atoms with E-state index in [1.807, 2.05) is 31.2 Å². The number of ether oxygens (including phenoxy) is 1. The molecule has 3 nitrogen and oxygen atoms in total. The Balaban J connectivity index is 2.00. The monoisotopic (exact) mass is 322 g/mol. The number of benzene rings is 1. The van der Waals surface area contributed by atoms with E-state index in [4.69, 9.17) is 4.74 Å². The minimum Gasteiger partial charge on any atom is -0.381 e. The molecule has 0 radical (unpaired) electrons. The predicted octanol–water partition coefficient (Wildman–Crippen LogP) is 5.06. The highest BCUT2D eigenvalue weighted by Gasteiger charge is 2.39. The average Bonchev–Trinajstić information content (AvgIpc) is 2.96. The number of nitrogens with zero attached hydrogens (tertiary/aromatic N) is 2. The van der Waals surface area contributed by atoms with Crippen LogP contribution >= 0.6 is 0 Å². The first-order valence-corrected chi connectivity index (χ1v) is 8.56. The van der Waals surface area contributed by atoms with E-state index in [-0.39, 0.29) is 24.9 Å². The summed E-state index contributed by atoms with van der Waals surface area (Å²) in [6.45, 7) is 2.32. The Hall–Kier alpha value is -1.49. The summed E-state index contributed by atoms with van der Waals surface area (Å²) < 4.78 is 36.5. The van der Waals surface area contributed by atoms with Gasteiger partial charge in [0.1, 0.15) is 0 Å². The van der Waals surface area contributed by atoms with Gasteiger partial charge in [-0.1, -0.05) is 31.4 Å². The predicted molar refractivity (Wildman–Crippen MR) is 86.9 cm³/mol. The fourth-order valence-corrected chi connectivity index (χ4v) is 3.47. The Morgan fingerprint density at radius 2 is 1.96 bits per heavy atom. The third-order valence-electron chi connectivity index (χ3n) is 4.63. The average molecular weight is 322 g/mol. The molecule has 0 atom stereocenters. The molecular weight excluding hydrogens is 298 g/mol. The molecule has 3 rings (SSSR count). The lowest BCUT2D eigenvalue weighted by atomic mass is 9.95. The van der Waals surface area contributed by atoms with Gasteiger partial charge in [-0.05, 0) is 31.9 Å². The quantitative estimate of drug-likeness (QED) is 0.695. The maximum atomic E-state index is 14.8. The molecule has 126 valence electrons. The smallest absolute Gasteiger partial charge is 0.307 e. The molecule has 1 aromatic carbocycles. The van der Waals surface area contributed by atoms with Crippen LogP contribution in [0.4, 0.5) is 8.78 Å². The molecule has 1 saturated carbocycles. The van der Waals surface area contributed by atoms with Crippen molar-refractivity contribution >= 4 is 11.0 Å². The molecule has 1 aliphatic rings. The molecule has 0 bridgehead atoms. The molecule has 1 aromatic heterocycles. The van der Waals surface area contributed by atoms with Crippen molar-refractivity contribution in [2.24, 2.45) is 0 Å². The second-order valence-electron chi connectivity index (χ2n) is 6.24. The van der Waals surface area contributed by atoms with Gasteiger partial charge in [-0.3, -0.25) is 0 Å². The fourth-order valence-electron chi connectivity index (χ4n) is 3.47. The summed E-state index contributed by atoms with van der Waals surface area (Å²) >= 11 is 0. The molecular formula is C18H24F2N2O. The minimum absolute atomic E-state index is 0.0529. The Morgan fingerprint density at radius 3 is 2.70 bits per heavy atom. The van der Waals surface area contributed by atoms with E-state index in [1.165, 1.54) is 6.42 Å². The van der Waals surface area contributed by atoms with E-state index >= 15 is 0 Å². The number of para-hydroxylation sites is 2. The summed E-state index contributed by atoms with van der Waals surface area (Å²) in [6.07, 6.45) is 4.97. The van der Waals surface area contributed by atoms with Crippen LogP contribution in [0.15, 0.2) is 24.3 Å².